The first kappa shape index (κ1) is 24.8. The summed E-state index contributed by atoms with van der Waals surface area (Å²) in [6.07, 6.45) is 1.54. The number of hydrogen-bond acceptors (Lipinski definition) is 4. The number of nitriles is 1. The van der Waals surface area contributed by atoms with E-state index in [0.29, 0.717) is 36.0 Å². The number of anilines is 1. The predicted molar refractivity (Wildman–Crippen MR) is 142 cm³/mol. The van der Waals surface area contributed by atoms with Crippen molar-refractivity contribution >= 4 is 56.2 Å². The fraction of sp³-hybridized carbons (Fsp3) is 0.154. The van der Waals surface area contributed by atoms with Crippen LogP contribution in [0.5, 0.6) is 11.5 Å². The van der Waals surface area contributed by atoms with Gasteiger partial charge in [-0.05, 0) is 90.0 Å². The van der Waals surface area contributed by atoms with Crippen molar-refractivity contribution in [3.63, 3.8) is 0 Å². The Balaban J connectivity index is 1.84. The van der Waals surface area contributed by atoms with Crippen molar-refractivity contribution in [2.24, 2.45) is 0 Å². The van der Waals surface area contributed by atoms with Crippen LogP contribution in [0.25, 0.3) is 6.08 Å². The van der Waals surface area contributed by atoms with Crippen molar-refractivity contribution in [1.82, 2.24) is 0 Å². The van der Waals surface area contributed by atoms with Gasteiger partial charge in [0.1, 0.15) is 18.2 Å². The van der Waals surface area contributed by atoms with Crippen LogP contribution in [0.15, 0.2) is 70.7 Å². The second-order valence-corrected chi connectivity index (χ2v) is 9.25. The molecular formula is C26H22BrIN2O3. The van der Waals surface area contributed by atoms with Crippen molar-refractivity contribution in [3.05, 3.63) is 91.0 Å². The maximum Gasteiger partial charge on any atom is 0.266 e. The number of hydrogen-bond donors (Lipinski definition) is 1. The normalized spacial score (nSPS) is 10.9. The number of carbonyl (C=O) groups excluding carboxylic acids is 1. The Kier molecular flexibility index (Phi) is 8.92. The first-order valence-corrected chi connectivity index (χ1v) is 12.1. The number of aryl methyl sites for hydroxylation is 1. The Bertz CT molecular complexity index is 1220. The fourth-order valence-electron chi connectivity index (χ4n) is 3.08. The Labute approximate surface area is 215 Å². The molecule has 7 heteroatoms. The van der Waals surface area contributed by atoms with E-state index in [-0.39, 0.29) is 5.57 Å². The largest absolute Gasteiger partial charge is 0.490 e. The van der Waals surface area contributed by atoms with Crippen LogP contribution in [-0.2, 0) is 11.4 Å². The second kappa shape index (κ2) is 11.9. The summed E-state index contributed by atoms with van der Waals surface area (Å²) < 4.78 is 13.6. The van der Waals surface area contributed by atoms with Gasteiger partial charge in [0.25, 0.3) is 5.91 Å². The Morgan fingerprint density at radius 1 is 1.15 bits per heavy atom. The van der Waals surface area contributed by atoms with Crippen LogP contribution in [0.3, 0.4) is 0 Å². The monoisotopic (exact) mass is 616 g/mol. The van der Waals surface area contributed by atoms with E-state index in [9.17, 15) is 10.1 Å². The van der Waals surface area contributed by atoms with Gasteiger partial charge in [-0.3, -0.25) is 4.79 Å². The highest BCUT2D eigenvalue weighted by Crippen LogP contribution is 2.35. The third-order valence-electron chi connectivity index (χ3n) is 4.58. The lowest BCUT2D eigenvalue weighted by Gasteiger charge is -2.15. The minimum absolute atomic E-state index is 0.00963. The van der Waals surface area contributed by atoms with E-state index in [2.05, 4.69) is 49.9 Å². The van der Waals surface area contributed by atoms with Crippen molar-refractivity contribution < 1.29 is 14.3 Å². The summed E-state index contributed by atoms with van der Waals surface area (Å²) in [7, 11) is 0. The number of nitrogens with one attached hydrogen (secondary N) is 1. The molecule has 0 spiro atoms. The third-order valence-corrected chi connectivity index (χ3v) is 5.91. The highest BCUT2D eigenvalue weighted by atomic mass is 127. The number of ether oxygens (including phenoxy) is 2. The summed E-state index contributed by atoms with van der Waals surface area (Å²) in [5, 5.41) is 12.3. The lowest BCUT2D eigenvalue weighted by molar-refractivity contribution is -0.112. The molecule has 5 nitrogen and oxygen atoms in total. The van der Waals surface area contributed by atoms with Crippen molar-refractivity contribution in [2.45, 2.75) is 20.5 Å². The zero-order valence-electron chi connectivity index (χ0n) is 18.2. The average Bonchev–Trinajstić information content (AvgIpc) is 2.78. The van der Waals surface area contributed by atoms with Crippen molar-refractivity contribution in [3.8, 4) is 17.6 Å². The van der Waals surface area contributed by atoms with Crippen LogP contribution in [0.1, 0.15) is 23.6 Å². The standard InChI is InChI=1S/C26H22BrIN2O3/c1-3-32-24-14-19(12-20(15-29)26(31)30-22-9-7-21(27)8-10-22)13-23(28)25(24)33-16-18-6-4-5-17(2)11-18/h4-14H,3,16H2,1-2H3,(H,30,31)/b20-12+. The second-order valence-electron chi connectivity index (χ2n) is 7.17. The summed E-state index contributed by atoms with van der Waals surface area (Å²) in [5.41, 5.74) is 3.50. The van der Waals surface area contributed by atoms with E-state index in [1.807, 2.05) is 56.3 Å². The van der Waals surface area contributed by atoms with Crippen LogP contribution in [0.2, 0.25) is 0 Å². The maximum atomic E-state index is 12.6. The van der Waals surface area contributed by atoms with E-state index < -0.39 is 5.91 Å². The SMILES string of the molecule is CCOc1cc(/C=C(\C#N)C(=O)Nc2ccc(Br)cc2)cc(I)c1OCc1cccc(C)c1. The summed E-state index contributed by atoms with van der Waals surface area (Å²) in [4.78, 5) is 12.6. The van der Waals surface area contributed by atoms with Gasteiger partial charge in [-0.2, -0.15) is 5.26 Å². The van der Waals surface area contributed by atoms with Crippen LogP contribution in [0, 0.1) is 21.8 Å². The topological polar surface area (TPSA) is 71.3 Å². The molecule has 0 aromatic heterocycles. The third kappa shape index (κ3) is 7.07. The van der Waals surface area contributed by atoms with Crippen LogP contribution < -0.4 is 14.8 Å². The van der Waals surface area contributed by atoms with Gasteiger partial charge < -0.3 is 14.8 Å². The summed E-state index contributed by atoms with van der Waals surface area (Å²) in [5.74, 6) is 0.718. The first-order valence-electron chi connectivity index (χ1n) is 10.2. The number of carbonyl (C=O) groups is 1. The number of rotatable bonds is 8. The Morgan fingerprint density at radius 3 is 2.58 bits per heavy atom. The molecule has 33 heavy (non-hydrogen) atoms. The predicted octanol–water partition coefficient (Wildman–Crippen LogP) is 6.89. The minimum Gasteiger partial charge on any atom is -0.490 e. The van der Waals surface area contributed by atoms with Crippen molar-refractivity contribution in [2.75, 3.05) is 11.9 Å². The van der Waals surface area contributed by atoms with E-state index in [4.69, 9.17) is 9.47 Å². The van der Waals surface area contributed by atoms with Gasteiger partial charge >= 0.3 is 0 Å². The van der Waals surface area contributed by atoms with Crippen LogP contribution in [-0.4, -0.2) is 12.5 Å². The smallest absolute Gasteiger partial charge is 0.266 e. The van der Waals surface area contributed by atoms with E-state index in [1.54, 1.807) is 24.3 Å². The van der Waals surface area contributed by atoms with Gasteiger partial charge in [0, 0.05) is 10.2 Å². The Hall–Kier alpha value is -2.83. The molecule has 0 saturated carbocycles. The molecule has 168 valence electrons. The number of halogens is 2. The molecule has 1 N–H and O–H groups in total. The molecule has 3 aromatic rings. The van der Waals surface area contributed by atoms with E-state index in [1.165, 1.54) is 5.56 Å². The molecule has 0 radical (unpaired) electrons. The fourth-order valence-corrected chi connectivity index (χ4v) is 4.12. The average molecular weight is 617 g/mol. The van der Waals surface area contributed by atoms with Gasteiger partial charge in [0.15, 0.2) is 11.5 Å². The van der Waals surface area contributed by atoms with Crippen molar-refractivity contribution in [1.29, 1.82) is 5.26 Å². The molecule has 0 fully saturated rings. The zero-order valence-corrected chi connectivity index (χ0v) is 21.9. The molecule has 0 unspecified atom stereocenters. The number of amides is 1. The van der Waals surface area contributed by atoms with Gasteiger partial charge in [-0.25, -0.2) is 0 Å². The van der Waals surface area contributed by atoms with E-state index in [0.717, 1.165) is 13.6 Å². The van der Waals surface area contributed by atoms with Gasteiger partial charge in [-0.1, -0.05) is 45.8 Å². The molecule has 0 aliphatic carbocycles. The molecule has 0 saturated heterocycles. The molecule has 1 amide bonds. The lowest BCUT2D eigenvalue weighted by Crippen LogP contribution is -2.13. The molecule has 0 bridgehead atoms. The number of nitrogens with zero attached hydrogens (tertiary/aromatic N) is 1. The molecular weight excluding hydrogens is 595 g/mol. The van der Waals surface area contributed by atoms with Gasteiger partial charge in [0.2, 0.25) is 0 Å². The number of benzene rings is 3. The summed E-state index contributed by atoms with van der Waals surface area (Å²) in [6, 6.07) is 20.9. The quantitative estimate of drug-likeness (QED) is 0.170. The first-order chi connectivity index (χ1) is 15.9. The lowest BCUT2D eigenvalue weighted by atomic mass is 10.1. The summed E-state index contributed by atoms with van der Waals surface area (Å²) in [6.45, 7) is 4.80. The molecule has 0 aliphatic heterocycles. The molecule has 3 rings (SSSR count). The summed E-state index contributed by atoms with van der Waals surface area (Å²) >= 11 is 5.54. The highest BCUT2D eigenvalue weighted by molar-refractivity contribution is 14.1. The minimum atomic E-state index is -0.479. The molecule has 0 atom stereocenters. The van der Waals surface area contributed by atoms with E-state index >= 15 is 0 Å². The molecule has 0 aliphatic rings. The molecule has 0 heterocycles. The van der Waals surface area contributed by atoms with Gasteiger partial charge in [-0.15, -0.1) is 0 Å². The maximum absolute atomic E-state index is 12.6. The van der Waals surface area contributed by atoms with Gasteiger partial charge in [0.05, 0.1) is 10.2 Å². The Morgan fingerprint density at radius 2 is 1.91 bits per heavy atom. The zero-order chi connectivity index (χ0) is 23.8. The highest BCUT2D eigenvalue weighted by Gasteiger charge is 2.15. The van der Waals surface area contributed by atoms with Crippen LogP contribution in [0.4, 0.5) is 5.69 Å². The molecule has 3 aromatic carbocycles. The van der Waals surface area contributed by atoms with Crippen LogP contribution >= 0.6 is 38.5 Å².